The number of ether oxygens (including phenoxy) is 1. The van der Waals surface area contributed by atoms with Crippen molar-refractivity contribution in [2.45, 2.75) is 77.5 Å². The van der Waals surface area contributed by atoms with Crippen LogP contribution in [0.25, 0.3) is 0 Å². The van der Waals surface area contributed by atoms with Gasteiger partial charge < -0.3 is 52.1 Å². The molecule has 0 saturated carbocycles. The van der Waals surface area contributed by atoms with E-state index in [-0.39, 0.29) is 76.5 Å². The average Bonchev–Trinajstić information content (AvgIpc) is 3.45. The summed E-state index contributed by atoms with van der Waals surface area (Å²) in [5, 5.41) is 15.4. The smallest absolute Gasteiger partial charge is 0.410 e. The highest BCUT2D eigenvalue weighted by atomic mass is 16.7. The molecule has 1 heterocycles. The Morgan fingerprint density at radius 2 is 1.51 bits per heavy atom. The van der Waals surface area contributed by atoms with Gasteiger partial charge in [0.05, 0.1) is 6.54 Å². The number of nitrogens with two attached hydrogens (primary N) is 1. The summed E-state index contributed by atoms with van der Waals surface area (Å²) in [6.45, 7) is 2.66. The van der Waals surface area contributed by atoms with Crippen LogP contribution >= 0.6 is 0 Å². The number of benzene rings is 1. The van der Waals surface area contributed by atoms with Crippen LogP contribution in [0.3, 0.4) is 0 Å². The second-order valence-corrected chi connectivity index (χ2v) is 12.7. The number of carbonyl (C=O) groups excluding carboxylic acids is 10. The van der Waals surface area contributed by atoms with E-state index in [4.69, 9.17) is 15.3 Å². The third-order valence-corrected chi connectivity index (χ3v) is 7.84. The van der Waals surface area contributed by atoms with Gasteiger partial charge in [-0.15, -0.1) is 5.06 Å². The number of primary amides is 1. The molecule has 1 fully saturated rings. The number of nitrogens with zero attached hydrogens (tertiary/aromatic N) is 2. The lowest BCUT2D eigenvalue weighted by molar-refractivity contribution is -0.197. The molecule has 2 unspecified atom stereocenters. The van der Waals surface area contributed by atoms with Crippen molar-refractivity contribution in [1.29, 1.82) is 0 Å². The molecule has 21 heteroatoms. The summed E-state index contributed by atoms with van der Waals surface area (Å²) in [6, 6.07) is 3.60. The maximum Gasteiger partial charge on any atom is 0.410 e. The summed E-state index contributed by atoms with van der Waals surface area (Å²) in [5.41, 5.74) is 5.98. The first-order valence-corrected chi connectivity index (χ1v) is 17.4. The van der Waals surface area contributed by atoms with Crippen molar-refractivity contribution < 1.29 is 57.5 Å². The highest BCUT2D eigenvalue weighted by Crippen LogP contribution is 2.14. The van der Waals surface area contributed by atoms with Gasteiger partial charge in [0.25, 0.3) is 11.8 Å². The van der Waals surface area contributed by atoms with Crippen molar-refractivity contribution in [2.24, 2.45) is 11.7 Å². The molecule has 0 aliphatic carbocycles. The van der Waals surface area contributed by atoms with E-state index in [1.807, 2.05) is 0 Å². The van der Waals surface area contributed by atoms with Crippen LogP contribution in [0.15, 0.2) is 24.3 Å². The molecular weight excluding hydrogens is 726 g/mol. The molecule has 0 spiro atoms. The molecule has 0 aromatic heterocycles. The van der Waals surface area contributed by atoms with Crippen molar-refractivity contribution in [3.8, 4) is 0 Å². The van der Waals surface area contributed by atoms with Crippen LogP contribution in [-0.2, 0) is 54.5 Å². The third-order valence-electron chi connectivity index (χ3n) is 7.84. The minimum atomic E-state index is -1.09. The fraction of sp³-hybridized carbons (Fsp3) is 0.529. The van der Waals surface area contributed by atoms with E-state index in [2.05, 4.69) is 31.9 Å². The standard InChI is InChI=1S/C34H49N9O12/c1-20(2)30(32(51)36-3)41-26(46)18-42(4)34(53)54-19-21-10-12-22(13-11-21)39-31(50)23(7-6-16-37-33(35)52)40-25(45)17-38-24(44)8-5-9-29(49)55-43-27(47)14-15-28(43)48/h10-13,20,23,30H,5-9,14-19H2,1-4H3,(H,36,51)(H,38,44)(H,39,50)(H,40,45)(H,41,46)(H3,35,37,52). The number of urea groups is 1. The summed E-state index contributed by atoms with van der Waals surface area (Å²) in [5.74, 6) is -5.10. The Morgan fingerprint density at radius 3 is 2.11 bits per heavy atom. The van der Waals surface area contributed by atoms with E-state index in [0.717, 1.165) is 4.90 Å². The average molecular weight is 776 g/mol. The summed E-state index contributed by atoms with van der Waals surface area (Å²) >= 11 is 0. The van der Waals surface area contributed by atoms with Crippen LogP contribution in [0.4, 0.5) is 15.3 Å². The summed E-state index contributed by atoms with van der Waals surface area (Å²) in [7, 11) is 2.82. The Morgan fingerprint density at radius 1 is 0.855 bits per heavy atom. The maximum absolute atomic E-state index is 13.2. The SMILES string of the molecule is CNC(=O)C(NC(=O)CN(C)C(=O)OCc1ccc(NC(=O)C(CCCNC(N)=O)NC(=O)CNC(=O)CCCC(=O)ON2C(=O)CCC2=O)cc1)C(C)C. The quantitative estimate of drug-likeness (QED) is 0.0579. The van der Waals surface area contributed by atoms with E-state index in [1.54, 1.807) is 26.0 Å². The Kier molecular flexibility index (Phi) is 18.5. The van der Waals surface area contributed by atoms with Gasteiger partial charge in [-0.2, -0.15) is 0 Å². The topological polar surface area (TPSA) is 294 Å². The monoisotopic (exact) mass is 775 g/mol. The van der Waals surface area contributed by atoms with Crippen molar-refractivity contribution in [2.75, 3.05) is 39.0 Å². The molecule has 8 N–H and O–H groups in total. The third kappa shape index (κ3) is 16.5. The fourth-order valence-corrected chi connectivity index (χ4v) is 4.86. The van der Waals surface area contributed by atoms with Gasteiger partial charge in [-0.25, -0.2) is 14.4 Å². The Bertz CT molecular complexity index is 1570. The number of carbonyl (C=O) groups is 10. The van der Waals surface area contributed by atoms with E-state index < -0.39 is 72.2 Å². The van der Waals surface area contributed by atoms with Gasteiger partial charge in [-0.05, 0) is 42.9 Å². The van der Waals surface area contributed by atoms with Gasteiger partial charge in [0.2, 0.25) is 29.5 Å². The van der Waals surface area contributed by atoms with E-state index in [1.165, 1.54) is 26.2 Å². The van der Waals surface area contributed by atoms with Crippen LogP contribution in [0.2, 0.25) is 0 Å². The molecule has 1 aromatic carbocycles. The minimum absolute atomic E-state index is 0.0117. The highest BCUT2D eigenvalue weighted by molar-refractivity contribution is 6.01. The molecule has 0 bridgehead atoms. The lowest BCUT2D eigenvalue weighted by atomic mass is 10.0. The van der Waals surface area contributed by atoms with E-state index in [0.29, 0.717) is 16.3 Å². The van der Waals surface area contributed by atoms with Crippen LogP contribution in [0.1, 0.15) is 64.4 Å². The number of anilines is 1. The second-order valence-electron chi connectivity index (χ2n) is 12.7. The first kappa shape index (κ1) is 44.9. The lowest BCUT2D eigenvalue weighted by Gasteiger charge is -2.22. The Labute approximate surface area is 317 Å². The largest absolute Gasteiger partial charge is 0.445 e. The van der Waals surface area contributed by atoms with Gasteiger partial charge in [-0.1, -0.05) is 26.0 Å². The zero-order valence-corrected chi connectivity index (χ0v) is 31.2. The van der Waals surface area contributed by atoms with Crippen LogP contribution in [0, 0.1) is 5.92 Å². The van der Waals surface area contributed by atoms with Crippen LogP contribution in [-0.4, -0.2) is 115 Å². The molecule has 1 saturated heterocycles. The number of rotatable bonds is 21. The van der Waals surface area contributed by atoms with Gasteiger partial charge in [0.15, 0.2) is 0 Å². The summed E-state index contributed by atoms with van der Waals surface area (Å²) < 4.78 is 5.27. The molecule has 1 aromatic rings. The predicted molar refractivity (Wildman–Crippen MR) is 192 cm³/mol. The molecule has 55 heavy (non-hydrogen) atoms. The maximum atomic E-state index is 13.2. The molecule has 302 valence electrons. The number of hydrogen-bond donors (Lipinski definition) is 7. The number of hydrogen-bond acceptors (Lipinski definition) is 12. The van der Waals surface area contributed by atoms with Crippen molar-refractivity contribution in [3.05, 3.63) is 29.8 Å². The van der Waals surface area contributed by atoms with Crippen LogP contribution in [0.5, 0.6) is 0 Å². The molecular formula is C34H49N9O12. The molecule has 0 radical (unpaired) electrons. The molecule has 2 rings (SSSR count). The zero-order chi connectivity index (χ0) is 41.1. The highest BCUT2D eigenvalue weighted by Gasteiger charge is 2.32. The van der Waals surface area contributed by atoms with E-state index in [9.17, 15) is 47.9 Å². The lowest BCUT2D eigenvalue weighted by Crippen LogP contribution is -2.51. The van der Waals surface area contributed by atoms with Gasteiger partial charge >= 0.3 is 18.1 Å². The van der Waals surface area contributed by atoms with Gasteiger partial charge in [-0.3, -0.25) is 33.6 Å². The van der Waals surface area contributed by atoms with Crippen LogP contribution < -0.4 is 37.6 Å². The normalized spacial score (nSPS) is 13.2. The second kappa shape index (κ2) is 22.7. The van der Waals surface area contributed by atoms with E-state index >= 15 is 0 Å². The van der Waals surface area contributed by atoms with Crippen molar-refractivity contribution >= 4 is 65.1 Å². The molecule has 1 aliphatic rings. The number of nitrogens with one attached hydrogen (secondary N) is 6. The van der Waals surface area contributed by atoms with Crippen molar-refractivity contribution in [3.63, 3.8) is 0 Å². The number of amides is 10. The zero-order valence-electron chi connectivity index (χ0n) is 31.2. The summed E-state index contributed by atoms with van der Waals surface area (Å²) in [4.78, 5) is 127. The van der Waals surface area contributed by atoms with Gasteiger partial charge in [0, 0.05) is 52.0 Å². The minimum Gasteiger partial charge on any atom is -0.445 e. The number of imide groups is 1. The molecule has 1 aliphatic heterocycles. The van der Waals surface area contributed by atoms with Crippen molar-refractivity contribution in [1.82, 2.24) is 36.5 Å². The molecule has 21 nitrogen and oxygen atoms in total. The number of hydroxylamine groups is 2. The molecule has 10 amide bonds. The first-order chi connectivity index (χ1) is 26.0. The fourth-order valence-electron chi connectivity index (χ4n) is 4.86. The Balaban J connectivity index is 1.85. The number of likely N-dealkylation sites (N-methyl/N-ethyl adjacent to an activating group) is 2. The predicted octanol–water partition coefficient (Wildman–Crippen LogP) is -1.09. The Hall–Kier alpha value is -6.28. The van der Waals surface area contributed by atoms with Gasteiger partial charge in [0.1, 0.15) is 25.2 Å². The first-order valence-electron chi connectivity index (χ1n) is 17.4. The molecule has 2 atom stereocenters. The summed E-state index contributed by atoms with van der Waals surface area (Å²) in [6.07, 6.45) is -0.972.